The molecule has 1 aromatic heterocycles. The van der Waals surface area contributed by atoms with Gasteiger partial charge in [-0.25, -0.2) is 19.7 Å². The summed E-state index contributed by atoms with van der Waals surface area (Å²) in [6.45, 7) is 2.51. The fourth-order valence-electron chi connectivity index (χ4n) is 3.63. The van der Waals surface area contributed by atoms with Gasteiger partial charge in [0, 0.05) is 5.56 Å². The first-order chi connectivity index (χ1) is 17.1. The van der Waals surface area contributed by atoms with Crippen molar-refractivity contribution < 1.29 is 19.7 Å². The van der Waals surface area contributed by atoms with Gasteiger partial charge in [-0.2, -0.15) is 0 Å². The number of esters is 1. The Kier molecular flexibility index (Phi) is 7.67. The van der Waals surface area contributed by atoms with Crippen LogP contribution in [0.2, 0.25) is 0 Å². The number of ether oxygens (including phenoxy) is 1. The number of phenols is 2. The van der Waals surface area contributed by atoms with Crippen molar-refractivity contribution in [3.8, 4) is 45.7 Å². The number of nitrogens with zero attached hydrogens (tertiary/aromatic N) is 3. The van der Waals surface area contributed by atoms with E-state index in [9.17, 15) is 15.0 Å². The van der Waals surface area contributed by atoms with Crippen molar-refractivity contribution in [2.45, 2.75) is 32.6 Å². The Morgan fingerprint density at radius 1 is 0.743 bits per heavy atom. The zero-order chi connectivity index (χ0) is 24.6. The van der Waals surface area contributed by atoms with Gasteiger partial charge in [-0.3, -0.25) is 0 Å². The SMILES string of the molecule is CCCCCCOC(=O)c1cccc(-c2nc(-c3ccccc3O)nc(-c3ccccc3O)n2)c1. The van der Waals surface area contributed by atoms with Gasteiger partial charge < -0.3 is 14.9 Å². The summed E-state index contributed by atoms with van der Waals surface area (Å²) in [5.74, 6) is 0.431. The Morgan fingerprint density at radius 2 is 1.34 bits per heavy atom. The largest absolute Gasteiger partial charge is 0.507 e. The second kappa shape index (κ2) is 11.2. The highest BCUT2D eigenvalue weighted by Crippen LogP contribution is 2.32. The van der Waals surface area contributed by atoms with Crippen LogP contribution in [0.1, 0.15) is 43.0 Å². The van der Waals surface area contributed by atoms with Crippen molar-refractivity contribution in [3.63, 3.8) is 0 Å². The van der Waals surface area contributed by atoms with Crippen molar-refractivity contribution >= 4 is 5.97 Å². The first kappa shape index (κ1) is 23.9. The number of benzene rings is 3. The molecule has 7 nitrogen and oxygen atoms in total. The third-order valence-corrected chi connectivity index (χ3v) is 5.51. The molecule has 0 amide bonds. The highest BCUT2D eigenvalue weighted by molar-refractivity contribution is 5.90. The fourth-order valence-corrected chi connectivity index (χ4v) is 3.63. The van der Waals surface area contributed by atoms with Crippen LogP contribution >= 0.6 is 0 Å². The third kappa shape index (κ3) is 5.81. The van der Waals surface area contributed by atoms with Crippen LogP contribution in [-0.2, 0) is 4.74 Å². The zero-order valence-electron chi connectivity index (χ0n) is 19.5. The molecule has 4 rings (SSSR count). The summed E-state index contributed by atoms with van der Waals surface area (Å²) in [4.78, 5) is 26.2. The van der Waals surface area contributed by atoms with Crippen molar-refractivity contribution in [2.24, 2.45) is 0 Å². The van der Waals surface area contributed by atoms with E-state index in [-0.39, 0.29) is 23.1 Å². The summed E-state index contributed by atoms with van der Waals surface area (Å²) in [6.07, 6.45) is 4.10. The van der Waals surface area contributed by atoms with Crippen LogP contribution in [0.25, 0.3) is 34.2 Å². The molecule has 0 spiro atoms. The Hall–Kier alpha value is -4.26. The molecule has 35 heavy (non-hydrogen) atoms. The second-order valence-corrected chi connectivity index (χ2v) is 8.12. The van der Waals surface area contributed by atoms with Crippen molar-refractivity contribution in [1.82, 2.24) is 15.0 Å². The number of aromatic hydroxyl groups is 2. The molecule has 0 atom stereocenters. The number of phenolic OH excluding ortho intramolecular Hbond substituents is 2. The van der Waals surface area contributed by atoms with Gasteiger partial charge in [-0.1, -0.05) is 62.6 Å². The Morgan fingerprint density at radius 3 is 1.94 bits per heavy atom. The molecule has 178 valence electrons. The molecule has 0 saturated heterocycles. The van der Waals surface area contributed by atoms with Crippen LogP contribution in [-0.4, -0.2) is 37.7 Å². The first-order valence-corrected chi connectivity index (χ1v) is 11.7. The maximum atomic E-state index is 12.6. The van der Waals surface area contributed by atoms with E-state index in [1.54, 1.807) is 72.8 Å². The van der Waals surface area contributed by atoms with Gasteiger partial charge in [0.2, 0.25) is 0 Å². The number of unbranched alkanes of at least 4 members (excludes halogenated alkanes) is 3. The molecule has 0 fully saturated rings. The summed E-state index contributed by atoms with van der Waals surface area (Å²) in [7, 11) is 0. The van der Waals surface area contributed by atoms with Gasteiger partial charge in [-0.15, -0.1) is 0 Å². The Balaban J connectivity index is 1.72. The van der Waals surface area contributed by atoms with Crippen LogP contribution < -0.4 is 0 Å². The van der Waals surface area contributed by atoms with Gasteiger partial charge in [0.1, 0.15) is 11.5 Å². The summed E-state index contributed by atoms with van der Waals surface area (Å²) < 4.78 is 5.42. The molecule has 0 saturated carbocycles. The topological polar surface area (TPSA) is 105 Å². The molecule has 2 N–H and O–H groups in total. The van der Waals surface area contributed by atoms with E-state index in [1.807, 2.05) is 0 Å². The quantitative estimate of drug-likeness (QED) is 0.228. The molecule has 0 aliphatic carbocycles. The van der Waals surface area contributed by atoms with E-state index < -0.39 is 5.97 Å². The van der Waals surface area contributed by atoms with Gasteiger partial charge in [0.15, 0.2) is 17.5 Å². The summed E-state index contributed by atoms with van der Waals surface area (Å²) in [6, 6.07) is 20.4. The monoisotopic (exact) mass is 469 g/mol. The minimum absolute atomic E-state index is 0.0216. The third-order valence-electron chi connectivity index (χ3n) is 5.51. The smallest absolute Gasteiger partial charge is 0.338 e. The number of aromatic nitrogens is 3. The lowest BCUT2D eigenvalue weighted by Crippen LogP contribution is -2.07. The molecular formula is C28H27N3O4. The van der Waals surface area contributed by atoms with Crippen LogP contribution in [0.5, 0.6) is 11.5 Å². The first-order valence-electron chi connectivity index (χ1n) is 11.7. The zero-order valence-corrected chi connectivity index (χ0v) is 19.5. The van der Waals surface area contributed by atoms with Crippen LogP contribution in [0.4, 0.5) is 0 Å². The minimum atomic E-state index is -0.403. The molecular weight excluding hydrogens is 442 g/mol. The summed E-state index contributed by atoms with van der Waals surface area (Å²) >= 11 is 0. The Bertz CT molecular complexity index is 1260. The average molecular weight is 470 g/mol. The normalized spacial score (nSPS) is 10.8. The predicted octanol–water partition coefficient (Wildman–Crippen LogP) is 6.02. The van der Waals surface area contributed by atoms with Crippen molar-refractivity contribution in [1.29, 1.82) is 0 Å². The van der Waals surface area contributed by atoms with Crippen molar-refractivity contribution in [2.75, 3.05) is 6.61 Å². The maximum absolute atomic E-state index is 12.6. The molecule has 1 heterocycles. The van der Waals surface area contributed by atoms with Crippen LogP contribution in [0, 0.1) is 0 Å². The van der Waals surface area contributed by atoms with Gasteiger partial charge in [-0.05, 0) is 42.8 Å². The maximum Gasteiger partial charge on any atom is 0.338 e. The predicted molar refractivity (Wildman–Crippen MR) is 134 cm³/mol. The molecule has 7 heteroatoms. The molecule has 4 aromatic rings. The summed E-state index contributed by atoms with van der Waals surface area (Å²) in [5.41, 5.74) is 1.83. The van der Waals surface area contributed by atoms with E-state index in [0.29, 0.717) is 34.7 Å². The van der Waals surface area contributed by atoms with E-state index in [2.05, 4.69) is 21.9 Å². The number of rotatable bonds is 9. The standard InChI is InChI=1S/C28H27N3O4/c1-2-3-4-9-17-35-28(34)20-12-10-11-19(18-20)25-29-26(21-13-5-7-15-23(21)32)31-27(30-25)22-14-6-8-16-24(22)33/h5-8,10-16,18,32-33H,2-4,9,17H2,1H3. The van der Waals surface area contributed by atoms with E-state index in [0.717, 1.165) is 25.7 Å². The molecule has 0 radical (unpaired) electrons. The highest BCUT2D eigenvalue weighted by atomic mass is 16.5. The molecule has 0 aliphatic rings. The number of hydrogen-bond acceptors (Lipinski definition) is 7. The lowest BCUT2D eigenvalue weighted by molar-refractivity contribution is 0.0498. The van der Waals surface area contributed by atoms with E-state index >= 15 is 0 Å². The number of carbonyl (C=O) groups is 1. The minimum Gasteiger partial charge on any atom is -0.507 e. The molecule has 0 aliphatic heterocycles. The lowest BCUT2D eigenvalue weighted by Gasteiger charge is -2.11. The highest BCUT2D eigenvalue weighted by Gasteiger charge is 2.17. The number of carbonyl (C=O) groups excluding carboxylic acids is 1. The van der Waals surface area contributed by atoms with Gasteiger partial charge >= 0.3 is 5.97 Å². The molecule has 0 bridgehead atoms. The number of hydrogen-bond donors (Lipinski definition) is 2. The number of para-hydroxylation sites is 2. The lowest BCUT2D eigenvalue weighted by atomic mass is 10.1. The molecule has 0 unspecified atom stereocenters. The van der Waals surface area contributed by atoms with Crippen LogP contribution in [0.3, 0.4) is 0 Å². The van der Waals surface area contributed by atoms with Crippen LogP contribution in [0.15, 0.2) is 72.8 Å². The van der Waals surface area contributed by atoms with Gasteiger partial charge in [0.05, 0.1) is 23.3 Å². The molecule has 3 aromatic carbocycles. The van der Waals surface area contributed by atoms with E-state index in [4.69, 9.17) is 4.74 Å². The van der Waals surface area contributed by atoms with E-state index in [1.165, 1.54) is 0 Å². The summed E-state index contributed by atoms with van der Waals surface area (Å²) in [5, 5.41) is 20.8. The van der Waals surface area contributed by atoms with Crippen molar-refractivity contribution in [3.05, 3.63) is 78.4 Å². The van der Waals surface area contributed by atoms with Gasteiger partial charge in [0.25, 0.3) is 0 Å². The fraction of sp³-hybridized carbons (Fsp3) is 0.214. The average Bonchev–Trinajstić information content (AvgIpc) is 2.89. The Labute approximate surface area is 204 Å². The second-order valence-electron chi connectivity index (χ2n) is 8.12.